The van der Waals surface area contributed by atoms with Crippen LogP contribution in [0, 0.1) is 11.6 Å². The molecule has 0 spiro atoms. The minimum Gasteiger partial charge on any atom is -0.478 e. The fraction of sp³-hybridized carbons (Fsp3) is 0.300. The van der Waals surface area contributed by atoms with Gasteiger partial charge in [-0.25, -0.2) is 13.6 Å². The number of rotatable bonds is 4. The lowest BCUT2D eigenvalue weighted by Crippen LogP contribution is -2.24. The van der Waals surface area contributed by atoms with Gasteiger partial charge in [0.1, 0.15) is 23.8 Å². The van der Waals surface area contributed by atoms with Crippen molar-refractivity contribution in [1.29, 1.82) is 0 Å². The maximum absolute atomic E-state index is 13.4. The average Bonchev–Trinajstić information content (AvgIpc) is 2.26. The summed E-state index contributed by atoms with van der Waals surface area (Å²) in [7, 11) is 0. The summed E-state index contributed by atoms with van der Waals surface area (Å²) in [6.07, 6.45) is -3.72. The van der Waals surface area contributed by atoms with Crippen LogP contribution in [0.3, 0.4) is 0 Å². The molecule has 0 fully saturated rings. The molecule has 1 rings (SSSR count). The Bertz CT molecular complexity index is 412. The van der Waals surface area contributed by atoms with Gasteiger partial charge in [0.2, 0.25) is 0 Å². The average molecular weight is 248 g/mol. The van der Waals surface area contributed by atoms with Crippen molar-refractivity contribution in [2.45, 2.75) is 12.2 Å². The number of carboxylic acids is 1. The Labute approximate surface area is 94.6 Å². The van der Waals surface area contributed by atoms with E-state index in [1.165, 1.54) is 0 Å². The van der Waals surface area contributed by atoms with Gasteiger partial charge in [-0.15, -0.1) is 0 Å². The molecule has 1 aromatic carbocycles. The molecule has 0 aromatic heterocycles. The lowest BCUT2D eigenvalue weighted by atomic mass is 10.0. The first-order valence-electron chi connectivity index (χ1n) is 4.57. The second-order valence-electron chi connectivity index (χ2n) is 3.35. The summed E-state index contributed by atoms with van der Waals surface area (Å²) < 4.78 is 26.7. The van der Waals surface area contributed by atoms with Crippen molar-refractivity contribution in [3.63, 3.8) is 0 Å². The van der Waals surface area contributed by atoms with E-state index in [9.17, 15) is 18.7 Å². The van der Waals surface area contributed by atoms with E-state index < -0.39 is 47.5 Å². The summed E-state index contributed by atoms with van der Waals surface area (Å²) in [4.78, 5) is 10.5. The zero-order chi connectivity index (χ0) is 13.2. The number of aliphatic hydroxyl groups excluding tert-OH is 3. The molecular weight excluding hydrogens is 238 g/mol. The smallest absolute Gasteiger partial charge is 0.335 e. The van der Waals surface area contributed by atoms with Crippen molar-refractivity contribution < 1.29 is 34.0 Å². The number of carbonyl (C=O) groups is 1. The fourth-order valence-corrected chi connectivity index (χ4v) is 1.28. The van der Waals surface area contributed by atoms with Gasteiger partial charge in [-0.05, 0) is 12.1 Å². The molecule has 0 aliphatic heterocycles. The summed E-state index contributed by atoms with van der Waals surface area (Å²) in [5.74, 6) is -4.13. The molecule has 17 heavy (non-hydrogen) atoms. The predicted molar refractivity (Wildman–Crippen MR) is 51.4 cm³/mol. The standard InChI is InChI=1S/C10H10F2O5/c11-5-1-4(10(16)17)2-6(12)8(5)9(15)7(14)3-13/h1-2,7,9,13-15H,3H2,(H,16,17). The SMILES string of the molecule is O=C(O)c1cc(F)c(C(O)C(O)CO)c(F)c1. The van der Waals surface area contributed by atoms with E-state index in [2.05, 4.69) is 0 Å². The molecule has 5 nitrogen and oxygen atoms in total. The summed E-state index contributed by atoms with van der Waals surface area (Å²) in [6, 6.07) is 1.04. The van der Waals surface area contributed by atoms with E-state index in [0.29, 0.717) is 12.1 Å². The van der Waals surface area contributed by atoms with E-state index in [0.717, 1.165) is 0 Å². The number of aromatic carboxylic acids is 1. The third kappa shape index (κ3) is 2.76. The summed E-state index contributed by atoms with van der Waals surface area (Å²) in [5.41, 5.74) is -1.49. The first kappa shape index (κ1) is 13.5. The lowest BCUT2D eigenvalue weighted by molar-refractivity contribution is -0.0185. The van der Waals surface area contributed by atoms with E-state index >= 15 is 0 Å². The van der Waals surface area contributed by atoms with Gasteiger partial charge in [-0.3, -0.25) is 0 Å². The number of hydrogen-bond donors (Lipinski definition) is 4. The van der Waals surface area contributed by atoms with Crippen LogP contribution in [-0.4, -0.2) is 39.1 Å². The van der Waals surface area contributed by atoms with Gasteiger partial charge in [0.15, 0.2) is 0 Å². The molecule has 2 unspecified atom stereocenters. The quantitative estimate of drug-likeness (QED) is 0.603. The van der Waals surface area contributed by atoms with Crippen molar-refractivity contribution >= 4 is 5.97 Å². The molecule has 0 saturated carbocycles. The van der Waals surface area contributed by atoms with Crippen LogP contribution in [0.5, 0.6) is 0 Å². The minimum atomic E-state index is -1.97. The van der Waals surface area contributed by atoms with Gasteiger partial charge in [-0.2, -0.15) is 0 Å². The second kappa shape index (κ2) is 5.17. The zero-order valence-corrected chi connectivity index (χ0v) is 8.47. The molecule has 1 aromatic rings. The van der Waals surface area contributed by atoms with Gasteiger partial charge >= 0.3 is 5.97 Å². The molecule has 0 aliphatic rings. The van der Waals surface area contributed by atoms with Crippen LogP contribution in [0.15, 0.2) is 12.1 Å². The van der Waals surface area contributed by atoms with E-state index in [1.807, 2.05) is 0 Å². The molecular formula is C10H10F2O5. The number of aliphatic hydroxyl groups is 3. The lowest BCUT2D eigenvalue weighted by Gasteiger charge is -2.17. The first-order valence-corrected chi connectivity index (χ1v) is 4.57. The van der Waals surface area contributed by atoms with E-state index in [-0.39, 0.29) is 0 Å². The Morgan fingerprint density at radius 3 is 2.06 bits per heavy atom. The van der Waals surface area contributed by atoms with Crippen LogP contribution in [-0.2, 0) is 0 Å². The Morgan fingerprint density at radius 2 is 1.71 bits per heavy atom. The minimum absolute atomic E-state index is 0.522. The Kier molecular flexibility index (Phi) is 4.11. The highest BCUT2D eigenvalue weighted by molar-refractivity contribution is 5.87. The highest BCUT2D eigenvalue weighted by atomic mass is 19.1. The highest BCUT2D eigenvalue weighted by Gasteiger charge is 2.26. The number of halogens is 2. The molecule has 7 heteroatoms. The largest absolute Gasteiger partial charge is 0.478 e. The fourth-order valence-electron chi connectivity index (χ4n) is 1.28. The number of carboxylic acid groups (broad SMARTS) is 1. The maximum Gasteiger partial charge on any atom is 0.335 e. The summed E-state index contributed by atoms with van der Waals surface area (Å²) in [6.45, 7) is -0.888. The van der Waals surface area contributed by atoms with Crippen LogP contribution in [0.1, 0.15) is 22.0 Å². The van der Waals surface area contributed by atoms with Gasteiger partial charge in [0.25, 0.3) is 0 Å². The van der Waals surface area contributed by atoms with Crippen LogP contribution in [0.25, 0.3) is 0 Å². The Balaban J connectivity index is 3.22. The van der Waals surface area contributed by atoms with Crippen molar-refractivity contribution in [1.82, 2.24) is 0 Å². The summed E-state index contributed by atoms with van der Waals surface area (Å²) >= 11 is 0. The van der Waals surface area contributed by atoms with Gasteiger partial charge in [-0.1, -0.05) is 0 Å². The van der Waals surface area contributed by atoms with Crippen molar-refractivity contribution in [2.24, 2.45) is 0 Å². The molecule has 0 heterocycles. The monoisotopic (exact) mass is 248 g/mol. The van der Waals surface area contributed by atoms with Gasteiger partial charge in [0.05, 0.1) is 17.7 Å². The Morgan fingerprint density at radius 1 is 1.24 bits per heavy atom. The number of benzene rings is 1. The van der Waals surface area contributed by atoms with Crippen molar-refractivity contribution in [3.8, 4) is 0 Å². The second-order valence-corrected chi connectivity index (χ2v) is 3.35. The predicted octanol–water partition coefficient (Wildman–Crippen LogP) is 0.0496. The Hall–Kier alpha value is -1.57. The van der Waals surface area contributed by atoms with Gasteiger partial charge < -0.3 is 20.4 Å². The normalized spacial score (nSPS) is 14.4. The van der Waals surface area contributed by atoms with Crippen molar-refractivity contribution in [2.75, 3.05) is 6.61 Å². The molecule has 0 bridgehead atoms. The van der Waals surface area contributed by atoms with E-state index in [1.54, 1.807) is 0 Å². The highest BCUT2D eigenvalue weighted by Crippen LogP contribution is 2.24. The maximum atomic E-state index is 13.4. The first-order chi connectivity index (χ1) is 7.88. The molecule has 4 N–H and O–H groups in total. The molecule has 0 amide bonds. The zero-order valence-electron chi connectivity index (χ0n) is 8.47. The molecule has 0 aliphatic carbocycles. The number of hydrogen-bond acceptors (Lipinski definition) is 4. The topological polar surface area (TPSA) is 98.0 Å². The van der Waals surface area contributed by atoms with Gasteiger partial charge in [0, 0.05) is 0 Å². The summed E-state index contributed by atoms with van der Waals surface area (Å²) in [5, 5.41) is 35.5. The molecule has 94 valence electrons. The van der Waals surface area contributed by atoms with Crippen molar-refractivity contribution in [3.05, 3.63) is 34.9 Å². The molecule has 2 atom stereocenters. The third-order valence-electron chi connectivity index (χ3n) is 2.17. The molecule has 0 radical (unpaired) electrons. The third-order valence-corrected chi connectivity index (χ3v) is 2.17. The van der Waals surface area contributed by atoms with Crippen LogP contribution < -0.4 is 0 Å². The van der Waals surface area contributed by atoms with Crippen LogP contribution in [0.2, 0.25) is 0 Å². The molecule has 0 saturated heterocycles. The van der Waals surface area contributed by atoms with E-state index in [4.69, 9.17) is 15.3 Å². The van der Waals surface area contributed by atoms with Crippen LogP contribution >= 0.6 is 0 Å². The van der Waals surface area contributed by atoms with Crippen LogP contribution in [0.4, 0.5) is 8.78 Å².